The third kappa shape index (κ3) is 6.90. The van der Waals surface area contributed by atoms with Crippen LogP contribution in [0, 0.1) is 5.82 Å². The van der Waals surface area contributed by atoms with Gasteiger partial charge < -0.3 is 34.5 Å². The summed E-state index contributed by atoms with van der Waals surface area (Å²) in [5.41, 5.74) is -0.918. The van der Waals surface area contributed by atoms with Crippen molar-refractivity contribution in [1.29, 1.82) is 0 Å². The van der Waals surface area contributed by atoms with Crippen LogP contribution in [0.1, 0.15) is 18.1 Å². The Balaban J connectivity index is 1.92. The SMILES string of the molecule is BC(B)(C=O)C(B)(B)C(B)(C(=O)NC)N1CC(=C\OCc2ccc(CN3C(B)(B)C(B)(B)OC(B)(O)C3(B)B)cc2F)/C(=C\C=C/C)C1=O. The Morgan fingerprint density at radius 1 is 1.10 bits per heavy atom. The molecule has 49 heavy (non-hydrogen) atoms. The van der Waals surface area contributed by atoms with Crippen molar-refractivity contribution >= 4 is 112 Å². The van der Waals surface area contributed by atoms with Crippen molar-refractivity contribution in [3.8, 4) is 0 Å². The summed E-state index contributed by atoms with van der Waals surface area (Å²) >= 11 is 0. The maximum absolute atomic E-state index is 15.6. The molecule has 0 aromatic heterocycles. The zero-order chi connectivity index (χ0) is 37.6. The van der Waals surface area contributed by atoms with E-state index in [9.17, 15) is 19.5 Å². The number of likely N-dealkylation sites (N-methyl/N-ethyl adjacent to an activating group) is 1. The average Bonchev–Trinajstić information content (AvgIpc) is 3.31. The number of rotatable bonds is 11. The maximum atomic E-state index is 15.6. The van der Waals surface area contributed by atoms with Crippen LogP contribution in [0.25, 0.3) is 0 Å². The van der Waals surface area contributed by atoms with Gasteiger partial charge >= 0.3 is 0 Å². The predicted molar refractivity (Wildman–Crippen MR) is 224 cm³/mol. The first-order valence-corrected chi connectivity index (χ1v) is 16.9. The van der Waals surface area contributed by atoms with E-state index in [-0.39, 0.29) is 19.1 Å². The summed E-state index contributed by atoms with van der Waals surface area (Å²) < 4.78 is 27.6. The number of carbonyl (C=O) groups is 3. The molecule has 1 aromatic rings. The van der Waals surface area contributed by atoms with E-state index in [2.05, 4.69) is 25.9 Å². The van der Waals surface area contributed by atoms with Crippen LogP contribution in [0.15, 0.2) is 53.8 Å². The summed E-state index contributed by atoms with van der Waals surface area (Å²) in [4.78, 5) is 43.4. The molecule has 2 atom stereocenters. The highest BCUT2D eigenvalue weighted by Crippen LogP contribution is 2.51. The summed E-state index contributed by atoms with van der Waals surface area (Å²) in [5.74, 6) is -1.21. The number of allylic oxidation sites excluding steroid dienone is 3. The van der Waals surface area contributed by atoms with Crippen LogP contribution in [-0.4, -0.2) is 168 Å². The van der Waals surface area contributed by atoms with Gasteiger partial charge in [-0.3, -0.25) is 9.59 Å². The number of morpholine rings is 1. The minimum atomic E-state index is -1.44. The van der Waals surface area contributed by atoms with E-state index in [1.165, 1.54) is 24.3 Å². The van der Waals surface area contributed by atoms with Crippen molar-refractivity contribution in [2.45, 2.75) is 57.7 Å². The number of likely N-dealkylation sites (tertiary alicyclic amines) is 1. The van der Waals surface area contributed by atoms with Gasteiger partial charge in [-0.2, -0.15) is 0 Å². The standard InChI is InChI=1S/C27H46B12FN3O6/c1-3-4-5-17-16(10-42(19(17)45)22(30,20(46)41-2)23(31,32)21(28,29)13-44)12-48-11-15-7-6-14(8-18(15)40)9-43-24(33,34)26(37,38)49-27(39,47)25(43,35)36/h3-8,12-13,47H,9-11,28-39H2,1-2H3,(H,41,46)/b4-3-,16-12+,17-5+. The molecular formula is C27H46B12FN3O6. The molecule has 2 saturated heterocycles. The Morgan fingerprint density at radius 2 is 1.71 bits per heavy atom. The highest BCUT2D eigenvalue weighted by Gasteiger charge is 2.61. The van der Waals surface area contributed by atoms with Crippen molar-refractivity contribution in [3.63, 3.8) is 0 Å². The Hall–Kier alpha value is -2.56. The summed E-state index contributed by atoms with van der Waals surface area (Å²) in [6.07, 6.45) is 7.46. The first-order valence-electron chi connectivity index (χ1n) is 16.9. The lowest BCUT2D eigenvalue weighted by Crippen LogP contribution is -2.85. The molecule has 2 amide bonds. The molecule has 0 bridgehead atoms. The highest BCUT2D eigenvalue weighted by molar-refractivity contribution is 6.63. The van der Waals surface area contributed by atoms with Crippen molar-refractivity contribution in [2.24, 2.45) is 0 Å². The van der Waals surface area contributed by atoms with Crippen LogP contribution in [-0.2, 0) is 37.0 Å². The van der Waals surface area contributed by atoms with Gasteiger partial charge in [-0.15, -0.1) is 0 Å². The second-order valence-electron chi connectivity index (χ2n) is 16.3. The molecule has 0 spiro atoms. The number of halogens is 1. The molecule has 1 aromatic carbocycles. The molecular weight excluding hydrogens is 611 g/mol. The van der Waals surface area contributed by atoms with Crippen LogP contribution >= 0.6 is 0 Å². The van der Waals surface area contributed by atoms with Gasteiger partial charge in [-0.05, 0) is 35.2 Å². The number of aliphatic hydroxyl groups is 1. The molecule has 0 aliphatic carbocycles. The number of ether oxygens (including phenoxy) is 2. The third-order valence-electron chi connectivity index (χ3n) is 12.3. The van der Waals surface area contributed by atoms with Crippen molar-refractivity contribution in [2.75, 3.05) is 13.6 Å². The van der Waals surface area contributed by atoms with Gasteiger partial charge in [-0.1, -0.05) is 29.5 Å². The summed E-state index contributed by atoms with van der Waals surface area (Å²) in [6, 6.07) is 5.02. The van der Waals surface area contributed by atoms with E-state index in [1.54, 1.807) is 55.7 Å². The van der Waals surface area contributed by atoms with Crippen molar-refractivity contribution in [1.82, 2.24) is 15.1 Å². The van der Waals surface area contributed by atoms with Crippen LogP contribution in [0.4, 0.5) is 4.39 Å². The number of aldehydes is 1. The third-order valence-corrected chi connectivity index (χ3v) is 12.3. The summed E-state index contributed by atoms with van der Waals surface area (Å²) in [7, 11) is 23.8. The molecule has 2 aliphatic rings. The molecule has 9 nitrogen and oxygen atoms in total. The number of hydrogen-bond donors (Lipinski definition) is 2. The average molecular weight is 657 g/mol. The quantitative estimate of drug-likeness (QED) is 0.105. The Kier molecular flexibility index (Phi) is 11.6. The van der Waals surface area contributed by atoms with Gasteiger partial charge in [0, 0.05) is 41.0 Å². The molecule has 2 fully saturated rings. The van der Waals surface area contributed by atoms with E-state index in [1.807, 2.05) is 60.1 Å². The second kappa shape index (κ2) is 13.9. The van der Waals surface area contributed by atoms with E-state index in [0.717, 1.165) is 11.8 Å². The highest BCUT2D eigenvalue weighted by atomic mass is 19.1. The first kappa shape index (κ1) is 40.9. The lowest BCUT2D eigenvalue weighted by atomic mass is 9.23. The molecule has 0 radical (unpaired) electrons. The van der Waals surface area contributed by atoms with Gasteiger partial charge in [0.1, 0.15) is 111 Å². The van der Waals surface area contributed by atoms with Crippen molar-refractivity contribution in [3.05, 3.63) is 70.8 Å². The minimum Gasteiger partial charge on any atom is -0.496 e. The van der Waals surface area contributed by atoms with E-state index >= 15 is 4.39 Å². The van der Waals surface area contributed by atoms with E-state index in [4.69, 9.17) is 9.47 Å². The van der Waals surface area contributed by atoms with Crippen LogP contribution < -0.4 is 5.32 Å². The maximum Gasteiger partial charge on any atom is 0.254 e. The smallest absolute Gasteiger partial charge is 0.254 e. The Morgan fingerprint density at radius 3 is 2.24 bits per heavy atom. The topological polar surface area (TPSA) is 108 Å². The fourth-order valence-corrected chi connectivity index (χ4v) is 6.84. The lowest BCUT2D eigenvalue weighted by molar-refractivity contribution is -0.248. The number of hydrogen-bond acceptors (Lipinski definition) is 7. The molecule has 3 rings (SSSR count). The normalized spacial score (nSPS) is 25.3. The van der Waals surface area contributed by atoms with E-state index in [0.29, 0.717) is 23.3 Å². The number of amides is 2. The van der Waals surface area contributed by atoms with E-state index < -0.39 is 49.4 Å². The monoisotopic (exact) mass is 659 g/mol. The lowest BCUT2D eigenvalue weighted by Gasteiger charge is -2.67. The Labute approximate surface area is 302 Å². The largest absolute Gasteiger partial charge is 0.496 e. The molecule has 248 valence electrons. The number of benzene rings is 1. The van der Waals surface area contributed by atoms with Gasteiger partial charge in [0.25, 0.3) is 5.91 Å². The molecule has 2 unspecified atom stereocenters. The fourth-order valence-electron chi connectivity index (χ4n) is 6.84. The summed E-state index contributed by atoms with van der Waals surface area (Å²) in [5, 5.41) is 10.0. The molecule has 2 aliphatic heterocycles. The zero-order valence-corrected chi connectivity index (χ0v) is 32.0. The van der Waals surface area contributed by atoms with Crippen molar-refractivity contribution < 1.29 is 33.4 Å². The van der Waals surface area contributed by atoms with Crippen LogP contribution in [0.2, 0.25) is 10.4 Å². The second-order valence-corrected chi connectivity index (χ2v) is 16.3. The number of nitrogens with zero attached hydrogens (tertiary/aromatic N) is 2. The number of carbonyl (C=O) groups excluding carboxylic acids is 3. The zero-order valence-electron chi connectivity index (χ0n) is 32.0. The van der Waals surface area contributed by atoms with Gasteiger partial charge in [0.15, 0.2) is 7.85 Å². The van der Waals surface area contributed by atoms with Gasteiger partial charge in [-0.25, -0.2) is 4.39 Å². The first-order chi connectivity index (χ1) is 22.3. The predicted octanol–water partition coefficient (Wildman–Crippen LogP) is -10.5. The summed E-state index contributed by atoms with van der Waals surface area (Å²) in [6.45, 7) is 2.17. The number of nitrogens with one attached hydrogen (secondary N) is 1. The van der Waals surface area contributed by atoms with Crippen LogP contribution in [0.5, 0.6) is 0 Å². The molecule has 22 heteroatoms. The van der Waals surface area contributed by atoms with Crippen LogP contribution in [0.3, 0.4) is 0 Å². The minimum absolute atomic E-state index is 0.0528. The van der Waals surface area contributed by atoms with Gasteiger partial charge in [0.2, 0.25) is 5.91 Å². The molecule has 0 saturated carbocycles. The van der Waals surface area contributed by atoms with Gasteiger partial charge in [0.05, 0.1) is 18.2 Å². The Bertz CT molecular complexity index is 1560. The molecule has 2 heterocycles. The fraction of sp³-hybridized carbons (Fsp3) is 0.444. The molecule has 2 N–H and O–H groups in total.